The second-order valence-electron chi connectivity index (χ2n) is 3.71. The molecule has 0 unspecified atom stereocenters. The van der Waals surface area contributed by atoms with Crippen LogP contribution in [-0.2, 0) is 23.7 Å². The molecule has 0 aliphatic heterocycles. The molecule has 0 spiro atoms. The maximum atomic E-state index is 11.4. The highest BCUT2D eigenvalue weighted by atomic mass is 16.7. The fraction of sp³-hybridized carbons (Fsp3) is 0.769. The summed E-state index contributed by atoms with van der Waals surface area (Å²) >= 11 is 0. The van der Waals surface area contributed by atoms with E-state index in [0.717, 1.165) is 0 Å². The van der Waals surface area contributed by atoms with Crippen LogP contribution in [0.15, 0.2) is 11.8 Å². The number of carbonyl (C=O) groups is 1. The van der Waals surface area contributed by atoms with Crippen LogP contribution in [0.2, 0.25) is 0 Å². The average molecular weight is 275 g/mol. The number of rotatable bonds is 11. The molecular weight excluding hydrogens is 250 g/mol. The molecular formula is C13H25NO5. The summed E-state index contributed by atoms with van der Waals surface area (Å²) in [6.07, 6.45) is 1.08. The third-order valence-corrected chi connectivity index (χ3v) is 2.12. The number of allylic oxidation sites excluding steroid dienone is 1. The SMILES string of the molecule is CCOC(CN/C(C)=C/C(=O)OCCOC)OCC. The van der Waals surface area contributed by atoms with Gasteiger partial charge in [0.2, 0.25) is 0 Å². The molecule has 19 heavy (non-hydrogen) atoms. The Bertz CT molecular complexity index is 262. The molecule has 6 heteroatoms. The molecule has 0 radical (unpaired) electrons. The minimum Gasteiger partial charge on any atom is -0.460 e. The largest absolute Gasteiger partial charge is 0.460 e. The molecule has 1 N–H and O–H groups in total. The zero-order valence-electron chi connectivity index (χ0n) is 12.2. The van der Waals surface area contributed by atoms with Crippen LogP contribution in [0.1, 0.15) is 20.8 Å². The third-order valence-electron chi connectivity index (χ3n) is 2.12. The maximum absolute atomic E-state index is 11.4. The van der Waals surface area contributed by atoms with Gasteiger partial charge in [0, 0.05) is 32.1 Å². The molecule has 0 aromatic heterocycles. The summed E-state index contributed by atoms with van der Waals surface area (Å²) in [7, 11) is 1.55. The number of carbonyl (C=O) groups excluding carboxylic acids is 1. The Kier molecular flexibility index (Phi) is 11.3. The molecule has 112 valence electrons. The standard InChI is InChI=1S/C13H25NO5/c1-5-17-13(18-6-2)10-14-11(3)9-12(15)19-8-7-16-4/h9,13-14H,5-8,10H2,1-4H3/b11-9+. The van der Waals surface area contributed by atoms with Crippen LogP contribution in [-0.4, -0.2) is 52.3 Å². The van der Waals surface area contributed by atoms with Crippen molar-refractivity contribution in [2.24, 2.45) is 0 Å². The summed E-state index contributed by atoms with van der Waals surface area (Å²) in [6.45, 7) is 7.87. The number of esters is 1. The summed E-state index contributed by atoms with van der Waals surface area (Å²) in [6, 6.07) is 0. The highest BCUT2D eigenvalue weighted by Gasteiger charge is 2.07. The van der Waals surface area contributed by atoms with E-state index in [4.69, 9.17) is 18.9 Å². The van der Waals surface area contributed by atoms with Crippen molar-refractivity contribution in [3.05, 3.63) is 11.8 Å². The van der Waals surface area contributed by atoms with Gasteiger partial charge in [0.25, 0.3) is 0 Å². The Balaban J connectivity index is 3.98. The Hall–Kier alpha value is -1.11. The van der Waals surface area contributed by atoms with Gasteiger partial charge in [-0.1, -0.05) is 0 Å². The van der Waals surface area contributed by atoms with Crippen molar-refractivity contribution in [1.82, 2.24) is 5.32 Å². The number of nitrogens with one attached hydrogen (secondary N) is 1. The number of hydrogen-bond acceptors (Lipinski definition) is 6. The molecule has 0 aromatic rings. The third kappa shape index (κ3) is 10.5. The molecule has 0 atom stereocenters. The van der Waals surface area contributed by atoms with Gasteiger partial charge in [0.05, 0.1) is 13.2 Å². The lowest BCUT2D eigenvalue weighted by molar-refractivity contribution is -0.139. The average Bonchev–Trinajstić information content (AvgIpc) is 2.37. The van der Waals surface area contributed by atoms with Gasteiger partial charge in [-0.3, -0.25) is 0 Å². The Labute approximate surface area is 115 Å². The van der Waals surface area contributed by atoms with E-state index in [1.165, 1.54) is 6.08 Å². The predicted molar refractivity (Wildman–Crippen MR) is 71.6 cm³/mol. The Morgan fingerprint density at radius 1 is 1.21 bits per heavy atom. The predicted octanol–water partition coefficient (Wildman–Crippen LogP) is 1.07. The molecule has 0 saturated heterocycles. The first-order chi connectivity index (χ1) is 9.13. The van der Waals surface area contributed by atoms with E-state index in [1.807, 2.05) is 13.8 Å². The minimum absolute atomic E-state index is 0.250. The lowest BCUT2D eigenvalue weighted by Crippen LogP contribution is -2.31. The van der Waals surface area contributed by atoms with Gasteiger partial charge in [0.1, 0.15) is 6.61 Å². The number of ether oxygens (including phenoxy) is 4. The smallest absolute Gasteiger partial charge is 0.332 e. The second kappa shape index (κ2) is 12.0. The van der Waals surface area contributed by atoms with Gasteiger partial charge in [-0.2, -0.15) is 0 Å². The molecule has 0 rings (SSSR count). The van der Waals surface area contributed by atoms with Crippen LogP contribution in [0.4, 0.5) is 0 Å². The Morgan fingerprint density at radius 2 is 1.84 bits per heavy atom. The molecule has 0 fully saturated rings. The lowest BCUT2D eigenvalue weighted by Gasteiger charge is -2.18. The first kappa shape index (κ1) is 17.9. The molecule has 0 bridgehead atoms. The van der Waals surface area contributed by atoms with E-state index < -0.39 is 5.97 Å². The van der Waals surface area contributed by atoms with Crippen LogP contribution in [0, 0.1) is 0 Å². The van der Waals surface area contributed by atoms with Crippen LogP contribution < -0.4 is 5.32 Å². The monoisotopic (exact) mass is 275 g/mol. The zero-order valence-corrected chi connectivity index (χ0v) is 12.2. The molecule has 6 nitrogen and oxygen atoms in total. The quantitative estimate of drug-likeness (QED) is 0.263. The van der Waals surface area contributed by atoms with E-state index in [2.05, 4.69) is 5.32 Å². The fourth-order valence-electron chi connectivity index (χ4n) is 1.28. The normalized spacial score (nSPS) is 11.7. The van der Waals surface area contributed by atoms with E-state index in [-0.39, 0.29) is 12.9 Å². The van der Waals surface area contributed by atoms with Crippen molar-refractivity contribution >= 4 is 5.97 Å². The van der Waals surface area contributed by atoms with Crippen LogP contribution in [0.5, 0.6) is 0 Å². The van der Waals surface area contributed by atoms with Gasteiger partial charge in [-0.25, -0.2) is 4.79 Å². The van der Waals surface area contributed by atoms with Crippen molar-refractivity contribution < 1.29 is 23.7 Å². The van der Waals surface area contributed by atoms with E-state index in [0.29, 0.717) is 32.1 Å². The topological polar surface area (TPSA) is 66.0 Å². The zero-order chi connectivity index (χ0) is 14.5. The number of hydrogen-bond donors (Lipinski definition) is 1. The summed E-state index contributed by atoms with van der Waals surface area (Å²) in [5.74, 6) is -0.397. The van der Waals surface area contributed by atoms with Crippen LogP contribution >= 0.6 is 0 Å². The molecule has 0 aromatic carbocycles. The first-order valence-electron chi connectivity index (χ1n) is 6.45. The van der Waals surface area contributed by atoms with Crippen molar-refractivity contribution in [3.8, 4) is 0 Å². The summed E-state index contributed by atoms with van der Waals surface area (Å²) in [5, 5.41) is 3.05. The first-order valence-corrected chi connectivity index (χ1v) is 6.45. The minimum atomic E-state index is -0.397. The van der Waals surface area contributed by atoms with Crippen LogP contribution in [0.3, 0.4) is 0 Å². The van der Waals surface area contributed by atoms with Gasteiger partial charge < -0.3 is 24.3 Å². The highest BCUT2D eigenvalue weighted by molar-refractivity contribution is 5.82. The van der Waals surface area contributed by atoms with Crippen molar-refractivity contribution in [1.29, 1.82) is 0 Å². The maximum Gasteiger partial charge on any atom is 0.332 e. The van der Waals surface area contributed by atoms with Gasteiger partial charge in [0.15, 0.2) is 6.29 Å². The fourth-order valence-corrected chi connectivity index (χ4v) is 1.28. The summed E-state index contributed by atoms with van der Waals surface area (Å²) in [5.41, 5.74) is 0.701. The van der Waals surface area contributed by atoms with Crippen molar-refractivity contribution in [2.45, 2.75) is 27.1 Å². The van der Waals surface area contributed by atoms with Crippen molar-refractivity contribution in [3.63, 3.8) is 0 Å². The van der Waals surface area contributed by atoms with E-state index in [1.54, 1.807) is 14.0 Å². The van der Waals surface area contributed by atoms with Gasteiger partial charge in [-0.05, 0) is 20.8 Å². The van der Waals surface area contributed by atoms with E-state index >= 15 is 0 Å². The summed E-state index contributed by atoms with van der Waals surface area (Å²) in [4.78, 5) is 11.4. The Morgan fingerprint density at radius 3 is 2.37 bits per heavy atom. The van der Waals surface area contributed by atoms with Crippen LogP contribution in [0.25, 0.3) is 0 Å². The molecule has 0 saturated carbocycles. The molecule has 0 aliphatic carbocycles. The van der Waals surface area contributed by atoms with E-state index in [9.17, 15) is 4.79 Å². The second-order valence-corrected chi connectivity index (χ2v) is 3.71. The molecule has 0 heterocycles. The number of methoxy groups -OCH3 is 1. The van der Waals surface area contributed by atoms with Gasteiger partial charge in [-0.15, -0.1) is 0 Å². The van der Waals surface area contributed by atoms with Crippen molar-refractivity contribution in [2.75, 3.05) is 40.1 Å². The van der Waals surface area contributed by atoms with Gasteiger partial charge >= 0.3 is 5.97 Å². The molecule has 0 amide bonds. The lowest BCUT2D eigenvalue weighted by atomic mass is 10.4. The molecule has 0 aliphatic rings. The highest BCUT2D eigenvalue weighted by Crippen LogP contribution is 1.96. The summed E-state index contributed by atoms with van der Waals surface area (Å²) < 4.78 is 20.4.